The SMILES string of the molecule is COc1cc(NC(=O)C23CC4CC(CC(C4)C2)C3)cc(OC)c1OC. The third-order valence-electron chi connectivity index (χ3n) is 6.44. The molecule has 0 saturated heterocycles. The fourth-order valence-electron chi connectivity index (χ4n) is 5.81. The Morgan fingerprint density at radius 3 is 1.80 bits per heavy atom. The van der Waals surface area contributed by atoms with E-state index < -0.39 is 0 Å². The van der Waals surface area contributed by atoms with Gasteiger partial charge in [-0.3, -0.25) is 4.79 Å². The minimum Gasteiger partial charge on any atom is -0.493 e. The summed E-state index contributed by atoms with van der Waals surface area (Å²) in [5.41, 5.74) is 0.532. The average Bonchev–Trinajstić information content (AvgIpc) is 2.59. The molecular weight excluding hydrogens is 318 g/mol. The van der Waals surface area contributed by atoms with Gasteiger partial charge in [-0.15, -0.1) is 0 Å². The van der Waals surface area contributed by atoms with Crippen LogP contribution >= 0.6 is 0 Å². The second-order valence-corrected chi connectivity index (χ2v) is 8.07. The molecule has 0 aromatic heterocycles. The number of carbonyl (C=O) groups is 1. The van der Waals surface area contributed by atoms with Gasteiger partial charge in [-0.05, 0) is 56.3 Å². The highest BCUT2D eigenvalue weighted by Gasteiger charge is 2.54. The smallest absolute Gasteiger partial charge is 0.230 e. The summed E-state index contributed by atoms with van der Waals surface area (Å²) >= 11 is 0. The number of amides is 1. The molecule has 5 rings (SSSR count). The number of hydrogen-bond donors (Lipinski definition) is 1. The predicted molar refractivity (Wildman–Crippen MR) is 95.3 cm³/mol. The van der Waals surface area contributed by atoms with Crippen LogP contribution in [0.3, 0.4) is 0 Å². The summed E-state index contributed by atoms with van der Waals surface area (Å²) in [5, 5.41) is 3.15. The maximum Gasteiger partial charge on any atom is 0.230 e. The van der Waals surface area contributed by atoms with Gasteiger partial charge in [0.25, 0.3) is 0 Å². The molecule has 4 bridgehead atoms. The third kappa shape index (κ3) is 2.74. The summed E-state index contributed by atoms with van der Waals surface area (Å²) in [6.07, 6.45) is 7.14. The zero-order valence-electron chi connectivity index (χ0n) is 15.3. The van der Waals surface area contributed by atoms with Crippen LogP contribution in [0, 0.1) is 23.2 Å². The lowest BCUT2D eigenvalue weighted by atomic mass is 9.49. The molecule has 0 spiro atoms. The number of methoxy groups -OCH3 is 3. The van der Waals surface area contributed by atoms with E-state index in [1.54, 1.807) is 33.5 Å². The van der Waals surface area contributed by atoms with Crippen molar-refractivity contribution in [2.75, 3.05) is 26.6 Å². The molecule has 4 aliphatic rings. The highest BCUT2D eigenvalue weighted by molar-refractivity contribution is 5.96. The van der Waals surface area contributed by atoms with E-state index in [0.29, 0.717) is 22.9 Å². The van der Waals surface area contributed by atoms with Gasteiger partial charge in [0, 0.05) is 17.8 Å². The number of rotatable bonds is 5. The van der Waals surface area contributed by atoms with Crippen LogP contribution in [0.25, 0.3) is 0 Å². The first-order chi connectivity index (χ1) is 12.1. The lowest BCUT2D eigenvalue weighted by Gasteiger charge is -2.55. The molecule has 0 heterocycles. The predicted octanol–water partition coefficient (Wildman–Crippen LogP) is 3.87. The maximum atomic E-state index is 13.2. The van der Waals surface area contributed by atoms with E-state index in [1.165, 1.54) is 19.3 Å². The molecular formula is C20H27NO4. The van der Waals surface area contributed by atoms with Crippen LogP contribution in [0.1, 0.15) is 38.5 Å². The Morgan fingerprint density at radius 2 is 1.40 bits per heavy atom. The summed E-state index contributed by atoms with van der Waals surface area (Å²) in [4.78, 5) is 13.2. The Balaban J connectivity index is 1.59. The van der Waals surface area contributed by atoms with Crippen LogP contribution in [0.15, 0.2) is 12.1 Å². The third-order valence-corrected chi connectivity index (χ3v) is 6.44. The average molecular weight is 345 g/mol. The van der Waals surface area contributed by atoms with Crippen molar-refractivity contribution >= 4 is 11.6 Å². The quantitative estimate of drug-likeness (QED) is 0.880. The number of nitrogens with one attached hydrogen (secondary N) is 1. The fraction of sp³-hybridized carbons (Fsp3) is 0.650. The zero-order chi connectivity index (χ0) is 17.6. The van der Waals surface area contributed by atoms with Crippen molar-refractivity contribution in [2.24, 2.45) is 23.2 Å². The van der Waals surface area contributed by atoms with Crippen molar-refractivity contribution in [3.8, 4) is 17.2 Å². The first kappa shape index (κ1) is 16.6. The van der Waals surface area contributed by atoms with Crippen LogP contribution in [0.4, 0.5) is 5.69 Å². The van der Waals surface area contributed by atoms with Crippen molar-refractivity contribution in [3.63, 3.8) is 0 Å². The van der Waals surface area contributed by atoms with Crippen LogP contribution < -0.4 is 19.5 Å². The monoisotopic (exact) mass is 345 g/mol. The van der Waals surface area contributed by atoms with E-state index in [-0.39, 0.29) is 11.3 Å². The number of ether oxygens (including phenoxy) is 3. The zero-order valence-corrected chi connectivity index (χ0v) is 15.3. The van der Waals surface area contributed by atoms with Crippen molar-refractivity contribution in [3.05, 3.63) is 12.1 Å². The van der Waals surface area contributed by atoms with Crippen molar-refractivity contribution in [2.45, 2.75) is 38.5 Å². The summed E-state index contributed by atoms with van der Waals surface area (Å²) < 4.78 is 16.1. The number of anilines is 1. The number of carbonyl (C=O) groups excluding carboxylic acids is 1. The van der Waals surface area contributed by atoms with Gasteiger partial charge in [-0.1, -0.05) is 0 Å². The van der Waals surface area contributed by atoms with Crippen molar-refractivity contribution in [1.29, 1.82) is 0 Å². The highest BCUT2D eigenvalue weighted by atomic mass is 16.5. The summed E-state index contributed by atoms with van der Waals surface area (Å²) in [6, 6.07) is 3.61. The number of hydrogen-bond acceptors (Lipinski definition) is 4. The molecule has 25 heavy (non-hydrogen) atoms. The molecule has 1 N–H and O–H groups in total. The molecule has 4 saturated carbocycles. The molecule has 0 aliphatic heterocycles. The molecule has 1 amide bonds. The molecule has 5 heteroatoms. The largest absolute Gasteiger partial charge is 0.493 e. The minimum atomic E-state index is -0.171. The first-order valence-corrected chi connectivity index (χ1v) is 9.18. The molecule has 1 aromatic rings. The van der Waals surface area contributed by atoms with Gasteiger partial charge in [0.2, 0.25) is 11.7 Å². The lowest BCUT2D eigenvalue weighted by molar-refractivity contribution is -0.140. The Morgan fingerprint density at radius 1 is 0.920 bits per heavy atom. The van der Waals surface area contributed by atoms with E-state index in [1.807, 2.05) is 0 Å². The summed E-state index contributed by atoms with van der Waals surface area (Å²) in [5.74, 6) is 4.06. The van der Waals surface area contributed by atoms with E-state index in [0.717, 1.165) is 37.0 Å². The summed E-state index contributed by atoms with van der Waals surface area (Å²) in [7, 11) is 4.75. The van der Waals surface area contributed by atoms with E-state index >= 15 is 0 Å². The summed E-state index contributed by atoms with van der Waals surface area (Å²) in [6.45, 7) is 0. The van der Waals surface area contributed by atoms with Gasteiger partial charge in [-0.25, -0.2) is 0 Å². The molecule has 0 radical (unpaired) electrons. The molecule has 4 aliphatic carbocycles. The van der Waals surface area contributed by atoms with E-state index in [9.17, 15) is 4.79 Å². The Labute approximate surface area is 149 Å². The molecule has 136 valence electrons. The first-order valence-electron chi connectivity index (χ1n) is 9.18. The standard InChI is InChI=1S/C20H27NO4/c1-23-16-7-15(8-17(24-2)18(16)25-3)21-19(22)20-9-12-4-13(10-20)6-14(5-12)11-20/h7-8,12-14H,4-6,9-11H2,1-3H3,(H,21,22). The molecule has 0 atom stereocenters. The molecule has 5 nitrogen and oxygen atoms in total. The molecule has 1 aromatic carbocycles. The van der Waals surface area contributed by atoms with Gasteiger partial charge in [-0.2, -0.15) is 0 Å². The van der Waals surface area contributed by atoms with Crippen molar-refractivity contribution in [1.82, 2.24) is 0 Å². The Hall–Kier alpha value is -1.91. The van der Waals surface area contributed by atoms with Crippen molar-refractivity contribution < 1.29 is 19.0 Å². The van der Waals surface area contributed by atoms with Crippen LogP contribution in [0.2, 0.25) is 0 Å². The molecule has 0 unspecified atom stereocenters. The normalized spacial score (nSPS) is 32.4. The van der Waals surface area contributed by atoms with E-state index in [4.69, 9.17) is 14.2 Å². The lowest BCUT2D eigenvalue weighted by Crippen LogP contribution is -2.51. The van der Waals surface area contributed by atoms with Gasteiger partial charge < -0.3 is 19.5 Å². The maximum absolute atomic E-state index is 13.2. The Bertz CT molecular complexity index is 624. The van der Waals surface area contributed by atoms with Gasteiger partial charge in [0.05, 0.1) is 26.7 Å². The van der Waals surface area contributed by atoms with E-state index in [2.05, 4.69) is 5.32 Å². The van der Waals surface area contributed by atoms with Crippen LogP contribution in [0.5, 0.6) is 17.2 Å². The second kappa shape index (κ2) is 6.11. The van der Waals surface area contributed by atoms with Crippen LogP contribution in [-0.2, 0) is 4.79 Å². The fourth-order valence-corrected chi connectivity index (χ4v) is 5.81. The second-order valence-electron chi connectivity index (χ2n) is 8.07. The number of benzene rings is 1. The molecule has 4 fully saturated rings. The van der Waals surface area contributed by atoms with Gasteiger partial charge in [0.1, 0.15) is 0 Å². The topological polar surface area (TPSA) is 56.8 Å². The highest BCUT2D eigenvalue weighted by Crippen LogP contribution is 2.60. The van der Waals surface area contributed by atoms with Gasteiger partial charge in [0.15, 0.2) is 11.5 Å². The van der Waals surface area contributed by atoms with Crippen LogP contribution in [-0.4, -0.2) is 27.2 Å². The van der Waals surface area contributed by atoms with Gasteiger partial charge >= 0.3 is 0 Å². The minimum absolute atomic E-state index is 0.167. The Kier molecular flexibility index (Phi) is 4.05.